The van der Waals surface area contributed by atoms with Crippen molar-refractivity contribution in [3.8, 4) is 0 Å². The first kappa shape index (κ1) is 8.34. The van der Waals surface area contributed by atoms with Crippen LogP contribution in [0.4, 0.5) is 5.69 Å². The molecule has 2 heteroatoms. The number of halogens is 1. The Hall–Kier alpha value is -0.760. The van der Waals surface area contributed by atoms with Crippen LogP contribution in [0, 0.1) is 0 Å². The van der Waals surface area contributed by atoms with E-state index in [9.17, 15) is 0 Å². The average molecular weight is 212 g/mol. The van der Waals surface area contributed by atoms with Crippen LogP contribution in [0.2, 0.25) is 0 Å². The quantitative estimate of drug-likeness (QED) is 0.711. The van der Waals surface area contributed by atoms with Crippen molar-refractivity contribution in [1.29, 1.82) is 0 Å². The number of hydrogen-bond donors (Lipinski definition) is 1. The summed E-state index contributed by atoms with van der Waals surface area (Å²) < 4.78 is 0.929. The van der Waals surface area contributed by atoms with Gasteiger partial charge in [0.05, 0.1) is 5.69 Å². The lowest BCUT2D eigenvalue weighted by Crippen LogP contribution is -1.92. The molecule has 2 N–H and O–H groups in total. The molecule has 0 aliphatic rings. The molecule has 0 amide bonds. The van der Waals surface area contributed by atoms with Crippen LogP contribution in [-0.4, -0.2) is 0 Å². The molecule has 0 aliphatic heterocycles. The third kappa shape index (κ3) is 1.63. The molecule has 0 bridgehead atoms. The normalized spacial score (nSPS) is 9.64. The highest BCUT2D eigenvalue weighted by atomic mass is 79.9. The molecule has 0 aromatic heterocycles. The van der Waals surface area contributed by atoms with Crippen molar-refractivity contribution in [3.63, 3.8) is 0 Å². The summed E-state index contributed by atoms with van der Waals surface area (Å²) in [5.74, 6) is 0. The number of hydrogen-bond acceptors (Lipinski definition) is 1. The Labute approximate surface area is 75.0 Å². The van der Waals surface area contributed by atoms with Crippen LogP contribution in [0.15, 0.2) is 29.3 Å². The van der Waals surface area contributed by atoms with Crippen LogP contribution in [0.1, 0.15) is 12.5 Å². The number of allylic oxidation sites excluding steroid dienone is 1. The summed E-state index contributed by atoms with van der Waals surface area (Å²) in [6, 6.07) is 5.83. The second-order valence-corrected chi connectivity index (χ2v) is 3.34. The Morgan fingerprint density at radius 3 is 2.64 bits per heavy atom. The third-order valence-corrected chi connectivity index (χ3v) is 2.20. The molecule has 0 saturated heterocycles. The van der Waals surface area contributed by atoms with Crippen LogP contribution in [0.25, 0.3) is 5.57 Å². The standard InChI is InChI=1S/C9H10BrN/c1-6(2)7-4-3-5-8(10)9(7)11/h3-5H,1,11H2,2H3. The van der Waals surface area contributed by atoms with Crippen LogP contribution in [0.3, 0.4) is 0 Å². The van der Waals surface area contributed by atoms with Gasteiger partial charge in [0, 0.05) is 10.0 Å². The SMILES string of the molecule is C=C(C)c1cccc(Br)c1N. The predicted octanol–water partition coefficient (Wildman–Crippen LogP) is 3.06. The van der Waals surface area contributed by atoms with E-state index in [1.54, 1.807) is 0 Å². The van der Waals surface area contributed by atoms with Crippen molar-refractivity contribution in [2.75, 3.05) is 5.73 Å². The van der Waals surface area contributed by atoms with Crippen molar-refractivity contribution in [1.82, 2.24) is 0 Å². The highest BCUT2D eigenvalue weighted by Gasteiger charge is 2.01. The number of anilines is 1. The van der Waals surface area contributed by atoms with Gasteiger partial charge < -0.3 is 5.73 Å². The van der Waals surface area contributed by atoms with Crippen molar-refractivity contribution < 1.29 is 0 Å². The summed E-state index contributed by atoms with van der Waals surface area (Å²) in [7, 11) is 0. The monoisotopic (exact) mass is 211 g/mol. The second-order valence-electron chi connectivity index (χ2n) is 2.48. The molecule has 0 saturated carbocycles. The molecule has 0 fully saturated rings. The van der Waals surface area contributed by atoms with Gasteiger partial charge in [-0.05, 0) is 34.5 Å². The zero-order chi connectivity index (χ0) is 8.43. The Balaban J connectivity index is 3.27. The molecule has 1 rings (SSSR count). The summed E-state index contributed by atoms with van der Waals surface area (Å²) in [6.07, 6.45) is 0. The number of rotatable bonds is 1. The van der Waals surface area contributed by atoms with Gasteiger partial charge in [0.25, 0.3) is 0 Å². The zero-order valence-electron chi connectivity index (χ0n) is 6.39. The molecule has 0 atom stereocenters. The van der Waals surface area contributed by atoms with Gasteiger partial charge in [0.1, 0.15) is 0 Å². The van der Waals surface area contributed by atoms with Crippen LogP contribution >= 0.6 is 15.9 Å². The van der Waals surface area contributed by atoms with Crippen molar-refractivity contribution >= 4 is 27.2 Å². The van der Waals surface area contributed by atoms with Crippen molar-refractivity contribution in [2.24, 2.45) is 0 Å². The fraction of sp³-hybridized carbons (Fsp3) is 0.111. The molecule has 58 valence electrons. The third-order valence-electron chi connectivity index (χ3n) is 1.51. The largest absolute Gasteiger partial charge is 0.397 e. The molecule has 0 heterocycles. The minimum absolute atomic E-state index is 0.764. The van der Waals surface area contributed by atoms with E-state index in [-0.39, 0.29) is 0 Å². The maximum Gasteiger partial charge on any atom is 0.0534 e. The number of benzene rings is 1. The molecule has 0 spiro atoms. The summed E-state index contributed by atoms with van der Waals surface area (Å²) >= 11 is 3.35. The summed E-state index contributed by atoms with van der Waals surface area (Å²) in [5.41, 5.74) is 8.54. The van der Waals surface area contributed by atoms with E-state index in [4.69, 9.17) is 5.73 Å². The summed E-state index contributed by atoms with van der Waals surface area (Å²) in [6.45, 7) is 5.77. The van der Waals surface area contributed by atoms with Gasteiger partial charge in [-0.2, -0.15) is 0 Å². The molecule has 0 unspecified atom stereocenters. The summed E-state index contributed by atoms with van der Waals surface area (Å²) in [4.78, 5) is 0. The van der Waals surface area contributed by atoms with Crippen LogP contribution in [0.5, 0.6) is 0 Å². The Kier molecular flexibility index (Phi) is 2.35. The van der Waals surface area contributed by atoms with Crippen molar-refractivity contribution in [2.45, 2.75) is 6.92 Å². The van der Waals surface area contributed by atoms with E-state index in [1.807, 2.05) is 25.1 Å². The average Bonchev–Trinajstić information content (AvgIpc) is 1.94. The van der Waals surface area contributed by atoms with E-state index in [0.717, 1.165) is 21.3 Å². The first-order valence-electron chi connectivity index (χ1n) is 3.33. The first-order valence-corrected chi connectivity index (χ1v) is 4.12. The Morgan fingerprint density at radius 2 is 2.18 bits per heavy atom. The van der Waals surface area contributed by atoms with E-state index >= 15 is 0 Å². The molecule has 1 nitrogen and oxygen atoms in total. The Bertz CT molecular complexity index is 292. The maximum absolute atomic E-state index is 5.78. The molecule has 11 heavy (non-hydrogen) atoms. The lowest BCUT2D eigenvalue weighted by atomic mass is 10.1. The topological polar surface area (TPSA) is 26.0 Å². The summed E-state index contributed by atoms with van der Waals surface area (Å²) in [5, 5.41) is 0. The highest BCUT2D eigenvalue weighted by Crippen LogP contribution is 2.26. The molecule has 1 aromatic rings. The van der Waals surface area contributed by atoms with Crippen molar-refractivity contribution in [3.05, 3.63) is 34.8 Å². The molecule has 0 radical (unpaired) electrons. The lowest BCUT2D eigenvalue weighted by Gasteiger charge is -2.05. The molecule has 0 aliphatic carbocycles. The van der Waals surface area contributed by atoms with Gasteiger partial charge in [0.15, 0.2) is 0 Å². The van der Waals surface area contributed by atoms with Gasteiger partial charge in [-0.15, -0.1) is 0 Å². The van der Waals surface area contributed by atoms with Gasteiger partial charge in [-0.25, -0.2) is 0 Å². The number of para-hydroxylation sites is 1. The molecular formula is C9H10BrN. The van der Waals surface area contributed by atoms with Gasteiger partial charge in [-0.1, -0.05) is 18.7 Å². The minimum Gasteiger partial charge on any atom is -0.397 e. The fourth-order valence-electron chi connectivity index (χ4n) is 0.909. The smallest absolute Gasteiger partial charge is 0.0534 e. The Morgan fingerprint density at radius 1 is 1.55 bits per heavy atom. The molecule has 1 aromatic carbocycles. The first-order chi connectivity index (χ1) is 5.13. The van der Waals surface area contributed by atoms with Gasteiger partial charge in [0.2, 0.25) is 0 Å². The zero-order valence-corrected chi connectivity index (χ0v) is 7.98. The molecular weight excluding hydrogens is 202 g/mol. The minimum atomic E-state index is 0.764. The highest BCUT2D eigenvalue weighted by molar-refractivity contribution is 9.10. The number of nitrogen functional groups attached to an aromatic ring is 1. The number of nitrogens with two attached hydrogens (primary N) is 1. The van der Waals surface area contributed by atoms with Crippen LogP contribution in [-0.2, 0) is 0 Å². The van der Waals surface area contributed by atoms with E-state index in [1.165, 1.54) is 0 Å². The lowest BCUT2D eigenvalue weighted by molar-refractivity contribution is 1.54. The van der Waals surface area contributed by atoms with E-state index < -0.39 is 0 Å². The fourth-order valence-corrected chi connectivity index (χ4v) is 1.28. The maximum atomic E-state index is 5.78. The van der Waals surface area contributed by atoms with Gasteiger partial charge >= 0.3 is 0 Å². The van der Waals surface area contributed by atoms with Crippen LogP contribution < -0.4 is 5.73 Å². The van der Waals surface area contributed by atoms with E-state index in [0.29, 0.717) is 0 Å². The predicted molar refractivity (Wildman–Crippen MR) is 53.3 cm³/mol. The van der Waals surface area contributed by atoms with E-state index in [2.05, 4.69) is 22.5 Å². The van der Waals surface area contributed by atoms with Gasteiger partial charge in [-0.3, -0.25) is 0 Å². The second kappa shape index (κ2) is 3.09.